The first-order valence-electron chi connectivity index (χ1n) is 4.60. The lowest BCUT2D eigenvalue weighted by molar-refractivity contribution is 0.459. The molecule has 0 aliphatic rings. The first kappa shape index (κ1) is 11.8. The Bertz CT molecular complexity index is 636. The largest absolute Gasteiger partial charge is 0.507 e. The number of rotatable bonds is 3. The van der Waals surface area contributed by atoms with Gasteiger partial charge in [-0.2, -0.15) is 0 Å². The fourth-order valence-corrected chi connectivity index (χ4v) is 3.11. The summed E-state index contributed by atoms with van der Waals surface area (Å²) in [6.07, 6.45) is 0. The molecule has 1 heterocycles. The minimum Gasteiger partial charge on any atom is -0.507 e. The normalized spacial score (nSPS) is 11.4. The van der Waals surface area contributed by atoms with Crippen LogP contribution in [-0.2, 0) is 10.0 Å². The molecule has 0 aliphatic heterocycles. The molecular formula is C9H9N3O3S2. The van der Waals surface area contributed by atoms with Gasteiger partial charge in [0.1, 0.15) is 15.7 Å². The third-order valence-corrected chi connectivity index (χ3v) is 4.17. The predicted octanol–water partition coefficient (Wildman–Crippen LogP) is 1.35. The Labute approximate surface area is 102 Å². The lowest BCUT2D eigenvalue weighted by Crippen LogP contribution is -2.12. The summed E-state index contributed by atoms with van der Waals surface area (Å²) in [7, 11) is -3.82. The summed E-state index contributed by atoms with van der Waals surface area (Å²) in [6, 6.07) is 5.69. The van der Waals surface area contributed by atoms with Crippen LogP contribution in [0.3, 0.4) is 0 Å². The Balaban J connectivity index is 2.35. The van der Waals surface area contributed by atoms with Crippen molar-refractivity contribution in [2.75, 3.05) is 4.72 Å². The van der Waals surface area contributed by atoms with Gasteiger partial charge < -0.3 is 5.11 Å². The lowest BCUT2D eigenvalue weighted by atomic mass is 10.3. The topological polar surface area (TPSA) is 92.2 Å². The standard InChI is InChI=1S/C9H9N3O3S2/c1-6-10-11-9(16-6)12-17(14,15)8-5-3-2-4-7(8)13/h2-5,13H,1H3,(H,11,12). The number of hydrogen-bond donors (Lipinski definition) is 2. The summed E-state index contributed by atoms with van der Waals surface area (Å²) in [5.41, 5.74) is 0. The van der Waals surface area contributed by atoms with Crippen molar-refractivity contribution in [1.29, 1.82) is 0 Å². The molecule has 0 saturated carbocycles. The molecule has 0 aliphatic carbocycles. The number of nitrogens with one attached hydrogen (secondary N) is 1. The molecule has 2 aromatic rings. The number of para-hydroxylation sites is 1. The molecule has 0 amide bonds. The van der Waals surface area contributed by atoms with Crippen molar-refractivity contribution in [3.05, 3.63) is 29.3 Å². The molecule has 17 heavy (non-hydrogen) atoms. The molecular weight excluding hydrogens is 262 g/mol. The fourth-order valence-electron chi connectivity index (χ4n) is 1.19. The van der Waals surface area contributed by atoms with Gasteiger partial charge in [0.25, 0.3) is 10.0 Å². The Morgan fingerprint density at radius 1 is 1.29 bits per heavy atom. The summed E-state index contributed by atoms with van der Waals surface area (Å²) >= 11 is 1.12. The van der Waals surface area contributed by atoms with Gasteiger partial charge in [0, 0.05) is 0 Å². The van der Waals surface area contributed by atoms with Crippen LogP contribution in [0.15, 0.2) is 29.2 Å². The average molecular weight is 271 g/mol. The van der Waals surface area contributed by atoms with Gasteiger partial charge >= 0.3 is 0 Å². The predicted molar refractivity (Wildman–Crippen MR) is 63.6 cm³/mol. The van der Waals surface area contributed by atoms with Crippen molar-refractivity contribution < 1.29 is 13.5 Å². The molecule has 90 valence electrons. The van der Waals surface area contributed by atoms with Crippen LogP contribution in [0.4, 0.5) is 5.13 Å². The van der Waals surface area contributed by atoms with Crippen LogP contribution in [-0.4, -0.2) is 23.7 Å². The molecule has 0 saturated heterocycles. The van der Waals surface area contributed by atoms with Crippen LogP contribution in [0.5, 0.6) is 5.75 Å². The van der Waals surface area contributed by atoms with E-state index in [2.05, 4.69) is 14.9 Å². The number of nitrogens with zero attached hydrogens (tertiary/aromatic N) is 2. The monoisotopic (exact) mass is 271 g/mol. The maximum atomic E-state index is 11.9. The zero-order valence-electron chi connectivity index (χ0n) is 8.78. The van der Waals surface area contributed by atoms with Crippen LogP contribution in [0.25, 0.3) is 0 Å². The van der Waals surface area contributed by atoms with Crippen molar-refractivity contribution in [1.82, 2.24) is 10.2 Å². The van der Waals surface area contributed by atoms with Gasteiger partial charge in [-0.05, 0) is 19.1 Å². The summed E-state index contributed by atoms with van der Waals surface area (Å²) in [5, 5.41) is 17.7. The van der Waals surface area contributed by atoms with Crippen molar-refractivity contribution >= 4 is 26.5 Å². The van der Waals surface area contributed by atoms with Crippen LogP contribution in [0, 0.1) is 6.92 Å². The van der Waals surface area contributed by atoms with Crippen LogP contribution in [0.2, 0.25) is 0 Å². The first-order chi connectivity index (χ1) is 7.99. The second-order valence-corrected chi connectivity index (χ2v) is 6.03. The van der Waals surface area contributed by atoms with Gasteiger partial charge in [0.15, 0.2) is 0 Å². The highest BCUT2D eigenvalue weighted by Crippen LogP contribution is 2.25. The number of hydrogen-bond acceptors (Lipinski definition) is 6. The van der Waals surface area contributed by atoms with Crippen LogP contribution >= 0.6 is 11.3 Å². The van der Waals surface area contributed by atoms with Gasteiger partial charge in [-0.1, -0.05) is 23.5 Å². The molecule has 0 fully saturated rings. The van der Waals surface area contributed by atoms with E-state index in [1.54, 1.807) is 13.0 Å². The molecule has 1 aromatic heterocycles. The highest BCUT2D eigenvalue weighted by Gasteiger charge is 2.19. The quantitative estimate of drug-likeness (QED) is 0.879. The maximum Gasteiger partial charge on any atom is 0.267 e. The second kappa shape index (κ2) is 4.30. The average Bonchev–Trinajstić information content (AvgIpc) is 2.63. The number of anilines is 1. The SMILES string of the molecule is Cc1nnc(NS(=O)(=O)c2ccccc2O)s1. The van der Waals surface area contributed by atoms with E-state index in [0.717, 1.165) is 11.3 Å². The maximum absolute atomic E-state index is 11.9. The number of phenolic OH excluding ortho intramolecular Hbond substituents is 1. The molecule has 0 radical (unpaired) electrons. The lowest BCUT2D eigenvalue weighted by Gasteiger charge is -2.05. The minimum atomic E-state index is -3.82. The third kappa shape index (κ3) is 2.53. The number of phenols is 1. The van der Waals surface area contributed by atoms with Gasteiger partial charge in [-0.25, -0.2) is 8.42 Å². The molecule has 0 bridgehead atoms. The van der Waals surface area contributed by atoms with Crippen molar-refractivity contribution in [2.24, 2.45) is 0 Å². The number of sulfonamides is 1. The zero-order valence-corrected chi connectivity index (χ0v) is 10.4. The fraction of sp³-hybridized carbons (Fsp3) is 0.111. The van der Waals surface area contributed by atoms with Gasteiger partial charge in [-0.15, -0.1) is 10.2 Å². The van der Waals surface area contributed by atoms with E-state index in [1.807, 2.05) is 0 Å². The summed E-state index contributed by atoms with van der Waals surface area (Å²) in [4.78, 5) is -0.187. The highest BCUT2D eigenvalue weighted by atomic mass is 32.2. The van der Waals surface area contributed by atoms with E-state index in [-0.39, 0.29) is 15.8 Å². The van der Waals surface area contributed by atoms with Crippen molar-refractivity contribution in [3.8, 4) is 5.75 Å². The molecule has 2 N–H and O–H groups in total. The molecule has 2 rings (SSSR count). The summed E-state index contributed by atoms with van der Waals surface area (Å²) in [5.74, 6) is -0.304. The van der Waals surface area contributed by atoms with E-state index >= 15 is 0 Å². The number of benzene rings is 1. The number of aromatic hydroxyl groups is 1. The number of aromatic nitrogens is 2. The molecule has 1 aromatic carbocycles. The molecule has 0 unspecified atom stereocenters. The van der Waals surface area contributed by atoms with E-state index in [9.17, 15) is 13.5 Å². The smallest absolute Gasteiger partial charge is 0.267 e. The molecule has 8 heteroatoms. The Kier molecular flexibility index (Phi) is 2.99. The Hall–Kier alpha value is -1.67. The highest BCUT2D eigenvalue weighted by molar-refractivity contribution is 7.93. The second-order valence-electron chi connectivity index (χ2n) is 3.20. The van der Waals surface area contributed by atoms with Crippen LogP contribution < -0.4 is 4.72 Å². The van der Waals surface area contributed by atoms with E-state index in [4.69, 9.17) is 0 Å². The van der Waals surface area contributed by atoms with Gasteiger partial charge in [0.05, 0.1) is 0 Å². The van der Waals surface area contributed by atoms with E-state index < -0.39 is 10.0 Å². The minimum absolute atomic E-state index is 0.172. The molecule has 6 nitrogen and oxygen atoms in total. The third-order valence-electron chi connectivity index (χ3n) is 1.90. The molecule has 0 atom stereocenters. The summed E-state index contributed by atoms with van der Waals surface area (Å²) < 4.78 is 26.1. The van der Waals surface area contributed by atoms with Crippen LogP contribution in [0.1, 0.15) is 5.01 Å². The molecule has 0 spiro atoms. The van der Waals surface area contributed by atoms with E-state index in [1.165, 1.54) is 18.2 Å². The van der Waals surface area contributed by atoms with Crippen molar-refractivity contribution in [2.45, 2.75) is 11.8 Å². The Morgan fingerprint density at radius 2 is 2.00 bits per heavy atom. The van der Waals surface area contributed by atoms with E-state index in [0.29, 0.717) is 5.01 Å². The van der Waals surface area contributed by atoms with Crippen molar-refractivity contribution in [3.63, 3.8) is 0 Å². The number of aryl methyl sites for hydroxylation is 1. The van der Waals surface area contributed by atoms with Gasteiger partial charge in [0.2, 0.25) is 5.13 Å². The van der Waals surface area contributed by atoms with Gasteiger partial charge in [-0.3, -0.25) is 4.72 Å². The zero-order chi connectivity index (χ0) is 12.5. The Morgan fingerprint density at radius 3 is 2.59 bits per heavy atom. The summed E-state index contributed by atoms with van der Waals surface area (Å²) in [6.45, 7) is 1.72. The first-order valence-corrected chi connectivity index (χ1v) is 6.90.